The lowest BCUT2D eigenvalue weighted by molar-refractivity contribution is 0.0602. The van der Waals surface area contributed by atoms with Gasteiger partial charge in [0.2, 0.25) is 10.0 Å². The van der Waals surface area contributed by atoms with Gasteiger partial charge in [-0.1, -0.05) is 6.07 Å². The summed E-state index contributed by atoms with van der Waals surface area (Å²) in [5.41, 5.74) is 0.959. The quantitative estimate of drug-likeness (QED) is 0.736. The molecular weight excluding hydrogens is 308 g/mol. The van der Waals surface area contributed by atoms with Crippen LogP contribution in [0.1, 0.15) is 23.2 Å². The molecule has 1 saturated carbocycles. The van der Waals surface area contributed by atoms with Crippen LogP contribution in [0.15, 0.2) is 18.2 Å². The lowest BCUT2D eigenvalue weighted by atomic mass is 10.1. The first kappa shape index (κ1) is 16.6. The summed E-state index contributed by atoms with van der Waals surface area (Å²) in [7, 11) is 0.753. The Morgan fingerprint density at radius 2 is 2.00 bits per heavy atom. The maximum absolute atomic E-state index is 12.6. The molecule has 0 saturated heterocycles. The van der Waals surface area contributed by atoms with Crippen molar-refractivity contribution < 1.29 is 22.7 Å². The second-order valence-corrected chi connectivity index (χ2v) is 7.27. The number of methoxy groups -OCH3 is 2. The lowest BCUT2D eigenvalue weighted by Gasteiger charge is -2.19. The van der Waals surface area contributed by atoms with Crippen molar-refractivity contribution in [2.75, 3.05) is 37.9 Å². The molecule has 0 aromatic heterocycles. The minimum absolute atomic E-state index is 0.147. The molecule has 0 unspecified atom stereocenters. The van der Waals surface area contributed by atoms with Gasteiger partial charge in [0.15, 0.2) is 0 Å². The number of hydrogen-bond donors (Lipinski definition) is 2. The Morgan fingerprint density at radius 3 is 2.50 bits per heavy atom. The Bertz CT molecular complexity index is 668. The minimum Gasteiger partial charge on any atom is -0.465 e. The Hall–Kier alpha value is -1.80. The summed E-state index contributed by atoms with van der Waals surface area (Å²) in [6.45, 7) is 0.147. The zero-order valence-electron chi connectivity index (χ0n) is 12.8. The number of esters is 1. The van der Waals surface area contributed by atoms with Crippen molar-refractivity contribution in [1.29, 1.82) is 0 Å². The van der Waals surface area contributed by atoms with E-state index in [1.165, 1.54) is 14.2 Å². The van der Waals surface area contributed by atoms with Crippen LogP contribution >= 0.6 is 0 Å². The van der Waals surface area contributed by atoms with Crippen LogP contribution in [0.2, 0.25) is 0 Å². The van der Waals surface area contributed by atoms with Gasteiger partial charge < -0.3 is 14.8 Å². The fraction of sp³-hybridized carbons (Fsp3) is 0.500. The predicted molar refractivity (Wildman–Crippen MR) is 83.7 cm³/mol. The predicted octanol–water partition coefficient (Wildman–Crippen LogP) is 1.44. The Morgan fingerprint density at radius 1 is 1.32 bits per heavy atom. The molecule has 1 fully saturated rings. The second-order valence-electron chi connectivity index (χ2n) is 5.19. The summed E-state index contributed by atoms with van der Waals surface area (Å²) in [4.78, 5) is 11.8. The molecule has 0 radical (unpaired) electrons. The highest BCUT2D eigenvalue weighted by molar-refractivity contribution is 7.94. The molecule has 1 aliphatic rings. The normalized spacial score (nSPS) is 16.0. The number of sulfonamides is 1. The van der Waals surface area contributed by atoms with Gasteiger partial charge in [0.1, 0.15) is 4.75 Å². The number of anilines is 2. The molecule has 0 aliphatic heterocycles. The summed E-state index contributed by atoms with van der Waals surface area (Å²) in [5.74, 6) is -0.538. The van der Waals surface area contributed by atoms with E-state index in [2.05, 4.69) is 10.0 Å². The van der Waals surface area contributed by atoms with E-state index in [9.17, 15) is 13.2 Å². The average Bonchev–Trinajstić information content (AvgIpc) is 3.27. The molecule has 1 aliphatic carbocycles. The second kappa shape index (κ2) is 6.13. The first-order chi connectivity index (χ1) is 10.4. The van der Waals surface area contributed by atoms with Crippen LogP contribution in [0.25, 0.3) is 0 Å². The van der Waals surface area contributed by atoms with Crippen molar-refractivity contribution in [3.63, 3.8) is 0 Å². The van der Waals surface area contributed by atoms with Crippen LogP contribution < -0.4 is 10.0 Å². The van der Waals surface area contributed by atoms with Crippen molar-refractivity contribution in [3.8, 4) is 0 Å². The van der Waals surface area contributed by atoms with Gasteiger partial charge in [0.25, 0.3) is 0 Å². The van der Waals surface area contributed by atoms with Crippen LogP contribution in [0.4, 0.5) is 11.4 Å². The number of para-hydroxylation sites is 1. The summed E-state index contributed by atoms with van der Waals surface area (Å²) < 4.78 is 36.5. The third kappa shape index (κ3) is 2.89. The molecule has 122 valence electrons. The van der Waals surface area contributed by atoms with Gasteiger partial charge in [-0.05, 0) is 25.0 Å². The van der Waals surface area contributed by atoms with Crippen molar-refractivity contribution in [2.45, 2.75) is 17.6 Å². The first-order valence-corrected chi connectivity index (χ1v) is 8.29. The van der Waals surface area contributed by atoms with Gasteiger partial charge in [-0.25, -0.2) is 13.2 Å². The molecule has 2 rings (SSSR count). The molecule has 1 aromatic carbocycles. The zero-order valence-corrected chi connectivity index (χ0v) is 13.6. The molecule has 7 nitrogen and oxygen atoms in total. The standard InChI is InChI=1S/C14H20N2O5S/c1-15-12-10(13(17)21-3)5-4-6-11(12)16-22(18,19)14(7-8-14)9-20-2/h4-6,15-16H,7-9H2,1-3H3. The fourth-order valence-electron chi connectivity index (χ4n) is 2.33. The van der Waals surface area contributed by atoms with Crippen molar-refractivity contribution in [1.82, 2.24) is 0 Å². The van der Waals surface area contributed by atoms with E-state index in [-0.39, 0.29) is 12.2 Å². The van der Waals surface area contributed by atoms with Crippen molar-refractivity contribution >= 4 is 27.4 Å². The van der Waals surface area contributed by atoms with Gasteiger partial charge in [0, 0.05) is 14.2 Å². The van der Waals surface area contributed by atoms with E-state index in [1.807, 2.05) is 0 Å². The van der Waals surface area contributed by atoms with E-state index < -0.39 is 20.7 Å². The molecule has 8 heteroatoms. The first-order valence-electron chi connectivity index (χ1n) is 6.81. The molecule has 22 heavy (non-hydrogen) atoms. The summed E-state index contributed by atoms with van der Waals surface area (Å²) in [5, 5.41) is 2.85. The van der Waals surface area contributed by atoms with Gasteiger partial charge in [-0.3, -0.25) is 4.72 Å². The van der Waals surface area contributed by atoms with Crippen LogP contribution in [0, 0.1) is 0 Å². The summed E-state index contributed by atoms with van der Waals surface area (Å²) in [6.07, 6.45) is 1.11. The zero-order chi connectivity index (χ0) is 16.4. The number of ether oxygens (including phenoxy) is 2. The molecule has 1 aromatic rings. The highest BCUT2D eigenvalue weighted by Crippen LogP contribution is 2.45. The third-order valence-corrected chi connectivity index (χ3v) is 5.90. The molecule has 0 heterocycles. The minimum atomic E-state index is -3.61. The average molecular weight is 328 g/mol. The van der Waals surface area contributed by atoms with Crippen molar-refractivity contribution in [3.05, 3.63) is 23.8 Å². The molecule has 0 bridgehead atoms. The van der Waals surface area contributed by atoms with E-state index in [4.69, 9.17) is 9.47 Å². The maximum atomic E-state index is 12.6. The maximum Gasteiger partial charge on any atom is 0.340 e. The van der Waals surface area contributed by atoms with Crippen LogP contribution in [0.5, 0.6) is 0 Å². The Balaban J connectivity index is 2.36. The summed E-state index contributed by atoms with van der Waals surface area (Å²) >= 11 is 0. The smallest absolute Gasteiger partial charge is 0.340 e. The van der Waals surface area contributed by atoms with Gasteiger partial charge in [-0.15, -0.1) is 0 Å². The SMILES string of the molecule is CNc1c(NS(=O)(=O)C2(COC)CC2)cccc1C(=O)OC. The van der Waals surface area contributed by atoms with Crippen molar-refractivity contribution in [2.24, 2.45) is 0 Å². The molecule has 2 N–H and O–H groups in total. The highest BCUT2D eigenvalue weighted by atomic mass is 32.2. The number of carbonyl (C=O) groups excluding carboxylic acids is 1. The number of hydrogen-bond acceptors (Lipinski definition) is 6. The number of rotatable bonds is 7. The molecule has 0 spiro atoms. The fourth-order valence-corrected chi connectivity index (χ4v) is 3.92. The topological polar surface area (TPSA) is 93.7 Å². The van der Waals surface area contributed by atoms with Crippen LogP contribution in [-0.2, 0) is 19.5 Å². The third-order valence-electron chi connectivity index (χ3n) is 3.75. The monoisotopic (exact) mass is 328 g/mol. The van der Waals surface area contributed by atoms with E-state index >= 15 is 0 Å². The van der Waals surface area contributed by atoms with Gasteiger partial charge >= 0.3 is 5.97 Å². The lowest BCUT2D eigenvalue weighted by Crippen LogP contribution is -2.34. The summed E-state index contributed by atoms with van der Waals surface area (Å²) in [6, 6.07) is 4.76. The van der Waals surface area contributed by atoms with Crippen LogP contribution in [0.3, 0.4) is 0 Å². The number of carbonyl (C=O) groups is 1. The number of nitrogens with one attached hydrogen (secondary N) is 2. The Labute approximate surface area is 130 Å². The van der Waals surface area contributed by atoms with Gasteiger partial charge in [-0.2, -0.15) is 0 Å². The molecular formula is C14H20N2O5S. The van der Waals surface area contributed by atoms with Gasteiger partial charge in [0.05, 0.1) is 30.7 Å². The van der Waals surface area contributed by atoms with E-state index in [1.54, 1.807) is 25.2 Å². The molecule has 0 amide bonds. The van der Waals surface area contributed by atoms with Crippen LogP contribution in [-0.4, -0.2) is 47.0 Å². The van der Waals surface area contributed by atoms with E-state index in [0.29, 0.717) is 24.2 Å². The Kier molecular flexibility index (Phi) is 4.62. The van der Waals surface area contributed by atoms with E-state index in [0.717, 1.165) is 0 Å². The molecule has 0 atom stereocenters. The number of benzene rings is 1. The largest absolute Gasteiger partial charge is 0.465 e. The highest BCUT2D eigenvalue weighted by Gasteiger charge is 2.55.